The molecule has 0 unspecified atom stereocenters. The smallest absolute Gasteiger partial charge is 0.339 e. The molecule has 0 N–H and O–H groups in total. The number of carbonyl (C=O) groups excluding carboxylic acids is 3. The maximum Gasteiger partial charge on any atom is 0.339 e. The van der Waals surface area contributed by atoms with E-state index in [-0.39, 0.29) is 40.4 Å². The summed E-state index contributed by atoms with van der Waals surface area (Å²) in [4.78, 5) is 40.9. The highest BCUT2D eigenvalue weighted by molar-refractivity contribution is 14.1. The Labute approximate surface area is 233 Å². The van der Waals surface area contributed by atoms with Gasteiger partial charge in [-0.2, -0.15) is 8.42 Å². The minimum Gasteiger partial charge on any atom is -0.490 e. The van der Waals surface area contributed by atoms with Gasteiger partial charge < -0.3 is 13.8 Å². The Hall–Kier alpha value is -2.58. The van der Waals surface area contributed by atoms with Crippen molar-refractivity contribution in [2.45, 2.75) is 31.1 Å². The van der Waals surface area contributed by atoms with Crippen molar-refractivity contribution in [3.63, 3.8) is 0 Å². The standard InChI is InChI=1S/C25H25IN2O7S2/c1-2-34-20-14-17(13-19(26)23(20)35-37(32,33)18-9-5-3-6-10-18)15-21-24(30)28(25(31)36-21)16-22(29)27-11-7-4-8-12-27/h3,5-6,9-10,13-15H,2,4,7-8,11-12,16H2,1H3/b21-15-. The SMILES string of the molecule is CCOc1cc(/C=C2\SC(=O)N(CC(=O)N3CCCCC3)C2=O)cc(I)c1OS(=O)(=O)c1ccccc1. The third-order valence-corrected chi connectivity index (χ3v) is 8.67. The number of piperidine rings is 1. The molecule has 12 heteroatoms. The van der Waals surface area contributed by atoms with Crippen LogP contribution in [-0.4, -0.2) is 61.5 Å². The van der Waals surface area contributed by atoms with Crippen molar-refractivity contribution in [3.05, 3.63) is 56.5 Å². The third kappa shape index (κ3) is 6.47. The molecule has 4 rings (SSSR count). The summed E-state index contributed by atoms with van der Waals surface area (Å²) in [6.07, 6.45) is 4.43. The number of benzene rings is 2. The summed E-state index contributed by atoms with van der Waals surface area (Å²) >= 11 is 2.69. The molecular formula is C25H25IN2O7S2. The fourth-order valence-electron chi connectivity index (χ4n) is 3.93. The first-order valence-corrected chi connectivity index (χ1v) is 15.0. The molecule has 0 spiro atoms. The van der Waals surface area contributed by atoms with Gasteiger partial charge in [-0.05, 0) is 96.4 Å². The number of hydrogen-bond donors (Lipinski definition) is 0. The summed E-state index contributed by atoms with van der Waals surface area (Å²) in [7, 11) is -4.10. The van der Waals surface area contributed by atoms with E-state index in [0.29, 0.717) is 22.2 Å². The van der Waals surface area contributed by atoms with Crippen molar-refractivity contribution in [3.8, 4) is 11.5 Å². The monoisotopic (exact) mass is 656 g/mol. The van der Waals surface area contributed by atoms with E-state index in [2.05, 4.69) is 0 Å². The van der Waals surface area contributed by atoms with Gasteiger partial charge in [-0.15, -0.1) is 0 Å². The molecule has 2 aliphatic heterocycles. The van der Waals surface area contributed by atoms with Gasteiger partial charge in [-0.3, -0.25) is 19.3 Å². The number of imide groups is 1. The Kier molecular flexibility index (Phi) is 8.80. The predicted octanol–water partition coefficient (Wildman–Crippen LogP) is 4.51. The number of rotatable bonds is 8. The number of carbonyl (C=O) groups is 3. The van der Waals surface area contributed by atoms with Crippen LogP contribution in [0.5, 0.6) is 11.5 Å². The molecule has 0 aliphatic carbocycles. The number of hydrogen-bond acceptors (Lipinski definition) is 8. The van der Waals surface area contributed by atoms with E-state index in [1.807, 2.05) is 22.6 Å². The highest BCUT2D eigenvalue weighted by Gasteiger charge is 2.37. The predicted molar refractivity (Wildman–Crippen MR) is 148 cm³/mol. The highest BCUT2D eigenvalue weighted by Crippen LogP contribution is 2.38. The molecule has 2 heterocycles. The highest BCUT2D eigenvalue weighted by atomic mass is 127. The van der Waals surface area contributed by atoms with E-state index in [9.17, 15) is 22.8 Å². The average Bonchev–Trinajstić information content (AvgIpc) is 3.14. The first-order valence-electron chi connectivity index (χ1n) is 11.7. The van der Waals surface area contributed by atoms with E-state index in [0.717, 1.165) is 35.9 Å². The fourth-order valence-corrected chi connectivity index (χ4v) is 6.63. The molecule has 2 fully saturated rings. The van der Waals surface area contributed by atoms with Gasteiger partial charge in [-0.1, -0.05) is 18.2 Å². The molecule has 0 saturated carbocycles. The summed E-state index contributed by atoms with van der Waals surface area (Å²) in [6.45, 7) is 2.99. The molecule has 0 atom stereocenters. The third-order valence-electron chi connectivity index (χ3n) is 5.73. The topological polar surface area (TPSA) is 110 Å². The molecule has 196 valence electrons. The average molecular weight is 657 g/mol. The lowest BCUT2D eigenvalue weighted by Gasteiger charge is -2.27. The van der Waals surface area contributed by atoms with Crippen LogP contribution < -0.4 is 8.92 Å². The maximum atomic E-state index is 13.0. The summed E-state index contributed by atoms with van der Waals surface area (Å²) in [5.74, 6) is -0.568. The minimum atomic E-state index is -4.10. The number of thioether (sulfide) groups is 1. The first-order chi connectivity index (χ1) is 17.7. The Bertz CT molecular complexity index is 1340. The van der Waals surface area contributed by atoms with Gasteiger partial charge in [0.1, 0.15) is 11.4 Å². The molecule has 3 amide bonds. The van der Waals surface area contributed by atoms with E-state index >= 15 is 0 Å². The van der Waals surface area contributed by atoms with Crippen LogP contribution in [0.3, 0.4) is 0 Å². The Balaban J connectivity index is 1.56. The van der Waals surface area contributed by atoms with Crippen LogP contribution in [0, 0.1) is 3.57 Å². The molecule has 2 aromatic carbocycles. The van der Waals surface area contributed by atoms with Crippen molar-refractivity contribution in [2.24, 2.45) is 0 Å². The number of nitrogens with zero attached hydrogens (tertiary/aromatic N) is 2. The van der Waals surface area contributed by atoms with Crippen molar-refractivity contribution in [2.75, 3.05) is 26.2 Å². The van der Waals surface area contributed by atoms with Gasteiger partial charge in [0.15, 0.2) is 11.5 Å². The molecule has 0 aromatic heterocycles. The maximum absolute atomic E-state index is 13.0. The van der Waals surface area contributed by atoms with Gasteiger partial charge >= 0.3 is 10.1 Å². The van der Waals surface area contributed by atoms with Gasteiger partial charge in [0.2, 0.25) is 5.91 Å². The van der Waals surface area contributed by atoms with E-state index < -0.39 is 21.3 Å². The van der Waals surface area contributed by atoms with Crippen LogP contribution in [0.15, 0.2) is 52.3 Å². The van der Waals surface area contributed by atoms with Gasteiger partial charge in [-0.25, -0.2) is 0 Å². The van der Waals surface area contributed by atoms with Crippen LogP contribution in [-0.2, 0) is 19.7 Å². The van der Waals surface area contributed by atoms with Gasteiger partial charge in [0.25, 0.3) is 11.1 Å². The van der Waals surface area contributed by atoms with Gasteiger partial charge in [0.05, 0.1) is 15.1 Å². The van der Waals surface area contributed by atoms with Crippen molar-refractivity contribution < 1.29 is 31.7 Å². The Morgan fingerprint density at radius 2 is 1.81 bits per heavy atom. The first kappa shape index (κ1) is 27.5. The molecule has 0 bridgehead atoms. The number of amides is 3. The van der Waals surface area contributed by atoms with Gasteiger partial charge in [0, 0.05) is 13.1 Å². The van der Waals surface area contributed by atoms with Crippen molar-refractivity contribution in [1.29, 1.82) is 0 Å². The molecule has 2 saturated heterocycles. The fraction of sp³-hybridized carbons (Fsp3) is 0.320. The number of halogens is 1. The summed E-state index contributed by atoms with van der Waals surface area (Å²) in [5, 5.41) is -0.504. The second-order valence-electron chi connectivity index (χ2n) is 8.32. The van der Waals surface area contributed by atoms with Crippen LogP contribution in [0.4, 0.5) is 4.79 Å². The van der Waals surface area contributed by atoms with Crippen LogP contribution in [0.25, 0.3) is 6.08 Å². The summed E-state index contributed by atoms with van der Waals surface area (Å²) in [6, 6.07) is 10.9. The lowest BCUT2D eigenvalue weighted by atomic mass is 10.1. The van der Waals surface area contributed by atoms with E-state index in [4.69, 9.17) is 8.92 Å². The van der Waals surface area contributed by atoms with E-state index in [1.54, 1.807) is 42.2 Å². The molecule has 0 radical (unpaired) electrons. The molecular weight excluding hydrogens is 631 g/mol. The Morgan fingerprint density at radius 1 is 1.11 bits per heavy atom. The van der Waals surface area contributed by atoms with E-state index in [1.165, 1.54) is 18.2 Å². The largest absolute Gasteiger partial charge is 0.490 e. The molecule has 37 heavy (non-hydrogen) atoms. The molecule has 9 nitrogen and oxygen atoms in total. The van der Waals surface area contributed by atoms with Crippen LogP contribution in [0.2, 0.25) is 0 Å². The summed E-state index contributed by atoms with van der Waals surface area (Å²) in [5.41, 5.74) is 0.519. The zero-order valence-corrected chi connectivity index (χ0v) is 23.8. The van der Waals surface area contributed by atoms with Crippen LogP contribution in [0.1, 0.15) is 31.7 Å². The molecule has 2 aliphatic rings. The number of likely N-dealkylation sites (tertiary alicyclic amines) is 1. The number of ether oxygens (including phenoxy) is 1. The zero-order valence-electron chi connectivity index (χ0n) is 20.0. The molecule has 2 aromatic rings. The van der Waals surface area contributed by atoms with Crippen molar-refractivity contribution >= 4 is 67.6 Å². The van der Waals surface area contributed by atoms with Crippen LogP contribution >= 0.6 is 34.4 Å². The second-order valence-corrected chi connectivity index (χ2v) is 12.0. The second kappa shape index (κ2) is 11.9. The summed E-state index contributed by atoms with van der Waals surface area (Å²) < 4.78 is 37.1. The lowest BCUT2D eigenvalue weighted by molar-refractivity contribution is -0.136. The zero-order chi connectivity index (χ0) is 26.6. The quantitative estimate of drug-likeness (QED) is 0.232. The van der Waals surface area contributed by atoms with Crippen molar-refractivity contribution in [1.82, 2.24) is 9.80 Å². The Morgan fingerprint density at radius 3 is 2.49 bits per heavy atom. The minimum absolute atomic E-state index is 0.00472. The normalized spacial score (nSPS) is 17.4. The lowest BCUT2D eigenvalue weighted by Crippen LogP contribution is -2.44.